The Balaban J connectivity index is 2.13. The average molecular weight is 478 g/mol. The molecule has 21 heavy (non-hydrogen) atoms. The number of halogens is 2. The largest absolute Gasteiger partial charge is 0.478 e. The number of rotatable bonds is 4. The molecule has 1 aromatic carbocycles. The van der Waals surface area contributed by atoms with Crippen molar-refractivity contribution in [1.29, 1.82) is 0 Å². The van der Waals surface area contributed by atoms with Gasteiger partial charge in [0.1, 0.15) is 0 Å². The Morgan fingerprint density at radius 3 is 2.67 bits per heavy atom. The predicted molar refractivity (Wildman–Crippen MR) is 95.8 cm³/mol. The average Bonchev–Trinajstić information content (AvgIpc) is 2.84. The molecule has 0 radical (unpaired) electrons. The number of amides is 1. The van der Waals surface area contributed by atoms with Crippen molar-refractivity contribution in [2.45, 2.75) is 0 Å². The van der Waals surface area contributed by atoms with Crippen LogP contribution in [0.15, 0.2) is 40.2 Å². The quantitative estimate of drug-likeness (QED) is 0.504. The van der Waals surface area contributed by atoms with Crippen LogP contribution in [-0.2, 0) is 4.79 Å². The molecule has 1 aromatic heterocycles. The van der Waals surface area contributed by atoms with Crippen molar-refractivity contribution >= 4 is 73.5 Å². The standard InChI is InChI=1S/C14H9BrINO3S/c15-12-5-2-9(21-12)3-6-13(18)17-11-4-1-8(16)7-10(11)14(19)20/h1-7H,(H,17,18)(H,19,20). The van der Waals surface area contributed by atoms with Crippen LogP contribution < -0.4 is 5.32 Å². The second-order valence-electron chi connectivity index (χ2n) is 3.96. The molecule has 0 fully saturated rings. The van der Waals surface area contributed by atoms with Crippen LogP contribution in [0.5, 0.6) is 0 Å². The molecule has 0 aliphatic heterocycles. The van der Waals surface area contributed by atoms with E-state index in [0.29, 0.717) is 0 Å². The van der Waals surface area contributed by atoms with E-state index in [1.807, 2.05) is 34.7 Å². The number of anilines is 1. The zero-order valence-corrected chi connectivity index (χ0v) is 15.0. The third-order valence-electron chi connectivity index (χ3n) is 2.46. The van der Waals surface area contributed by atoms with Crippen molar-refractivity contribution in [3.63, 3.8) is 0 Å². The van der Waals surface area contributed by atoms with Gasteiger partial charge in [0.2, 0.25) is 5.91 Å². The van der Waals surface area contributed by atoms with Crippen LogP contribution in [-0.4, -0.2) is 17.0 Å². The molecule has 0 saturated carbocycles. The molecule has 0 aliphatic carbocycles. The Bertz CT molecular complexity index is 727. The van der Waals surface area contributed by atoms with E-state index in [0.717, 1.165) is 12.2 Å². The fraction of sp³-hybridized carbons (Fsp3) is 0. The van der Waals surface area contributed by atoms with E-state index in [1.165, 1.54) is 23.5 Å². The molecule has 1 heterocycles. The summed E-state index contributed by atoms with van der Waals surface area (Å²) in [6.45, 7) is 0. The Kier molecular flexibility index (Phi) is 5.54. The molecule has 0 aliphatic rings. The van der Waals surface area contributed by atoms with Gasteiger partial charge in [-0.25, -0.2) is 4.79 Å². The van der Waals surface area contributed by atoms with Crippen LogP contribution in [0.1, 0.15) is 15.2 Å². The van der Waals surface area contributed by atoms with Gasteiger partial charge in [-0.05, 0) is 74.9 Å². The van der Waals surface area contributed by atoms with Crippen molar-refractivity contribution in [2.75, 3.05) is 5.32 Å². The summed E-state index contributed by atoms with van der Waals surface area (Å²) >= 11 is 6.87. The van der Waals surface area contributed by atoms with E-state index in [9.17, 15) is 9.59 Å². The van der Waals surface area contributed by atoms with Gasteiger partial charge < -0.3 is 10.4 Å². The van der Waals surface area contributed by atoms with Crippen LogP contribution in [0.3, 0.4) is 0 Å². The number of carbonyl (C=O) groups is 2. The lowest BCUT2D eigenvalue weighted by molar-refractivity contribution is -0.111. The van der Waals surface area contributed by atoms with Gasteiger partial charge in [0, 0.05) is 14.5 Å². The highest BCUT2D eigenvalue weighted by Crippen LogP contribution is 2.23. The Morgan fingerprint density at radius 1 is 1.29 bits per heavy atom. The van der Waals surface area contributed by atoms with E-state index in [4.69, 9.17) is 5.11 Å². The molecular formula is C14H9BrINO3S. The molecule has 1 amide bonds. The third kappa shape index (κ3) is 4.65. The van der Waals surface area contributed by atoms with Crippen LogP contribution in [0.2, 0.25) is 0 Å². The third-order valence-corrected chi connectivity index (χ3v) is 4.72. The Hall–Kier alpha value is -1.19. The molecule has 4 nitrogen and oxygen atoms in total. The fourth-order valence-electron chi connectivity index (χ4n) is 1.55. The summed E-state index contributed by atoms with van der Waals surface area (Å²) in [6, 6.07) is 8.61. The maximum absolute atomic E-state index is 11.9. The molecule has 0 unspecified atom stereocenters. The number of hydrogen-bond acceptors (Lipinski definition) is 3. The van der Waals surface area contributed by atoms with Crippen molar-refractivity contribution < 1.29 is 14.7 Å². The second kappa shape index (κ2) is 7.19. The highest BCUT2D eigenvalue weighted by molar-refractivity contribution is 14.1. The van der Waals surface area contributed by atoms with E-state index in [-0.39, 0.29) is 17.2 Å². The van der Waals surface area contributed by atoms with Gasteiger partial charge >= 0.3 is 5.97 Å². The highest BCUT2D eigenvalue weighted by atomic mass is 127. The van der Waals surface area contributed by atoms with Crippen LogP contribution in [0.25, 0.3) is 6.08 Å². The first kappa shape index (κ1) is 16.2. The first-order valence-electron chi connectivity index (χ1n) is 5.73. The smallest absolute Gasteiger partial charge is 0.337 e. The van der Waals surface area contributed by atoms with E-state index < -0.39 is 5.97 Å². The number of carboxylic acids is 1. The molecule has 0 bridgehead atoms. The van der Waals surface area contributed by atoms with Gasteiger partial charge in [-0.1, -0.05) is 0 Å². The van der Waals surface area contributed by atoms with Crippen LogP contribution >= 0.6 is 49.9 Å². The van der Waals surface area contributed by atoms with Crippen molar-refractivity contribution in [3.8, 4) is 0 Å². The van der Waals surface area contributed by atoms with Gasteiger partial charge in [-0.2, -0.15) is 0 Å². The molecule has 108 valence electrons. The Morgan fingerprint density at radius 2 is 2.05 bits per heavy atom. The van der Waals surface area contributed by atoms with E-state index in [1.54, 1.807) is 18.2 Å². The molecule has 2 N–H and O–H groups in total. The molecule has 0 spiro atoms. The minimum Gasteiger partial charge on any atom is -0.478 e. The molecule has 2 aromatic rings. The molecule has 0 saturated heterocycles. The predicted octanol–water partition coefficient (Wildman–Crippen LogP) is 4.47. The summed E-state index contributed by atoms with van der Waals surface area (Å²) in [5.41, 5.74) is 0.354. The highest BCUT2D eigenvalue weighted by Gasteiger charge is 2.11. The summed E-state index contributed by atoms with van der Waals surface area (Å²) in [5, 5.41) is 11.7. The fourth-order valence-corrected chi connectivity index (χ4v) is 3.37. The van der Waals surface area contributed by atoms with Gasteiger partial charge in [0.05, 0.1) is 15.0 Å². The first-order chi connectivity index (χ1) is 9.95. The maximum Gasteiger partial charge on any atom is 0.337 e. The Labute approximate surface area is 147 Å². The van der Waals surface area contributed by atoms with Gasteiger partial charge in [-0.15, -0.1) is 11.3 Å². The lowest BCUT2D eigenvalue weighted by Gasteiger charge is -2.06. The van der Waals surface area contributed by atoms with Crippen molar-refractivity contribution in [1.82, 2.24) is 0 Å². The van der Waals surface area contributed by atoms with E-state index >= 15 is 0 Å². The molecule has 2 rings (SSSR count). The van der Waals surface area contributed by atoms with Gasteiger partial charge in [-0.3, -0.25) is 4.79 Å². The number of nitrogens with one attached hydrogen (secondary N) is 1. The summed E-state index contributed by atoms with van der Waals surface area (Å²) in [4.78, 5) is 23.9. The number of hydrogen-bond donors (Lipinski definition) is 2. The van der Waals surface area contributed by atoms with Crippen LogP contribution in [0, 0.1) is 3.57 Å². The van der Waals surface area contributed by atoms with E-state index in [2.05, 4.69) is 21.2 Å². The normalized spacial score (nSPS) is 10.8. The number of carboxylic acid groups (broad SMARTS) is 1. The first-order valence-corrected chi connectivity index (χ1v) is 8.42. The molecule has 0 atom stereocenters. The number of benzene rings is 1. The second-order valence-corrected chi connectivity index (χ2v) is 7.70. The van der Waals surface area contributed by atoms with Crippen molar-refractivity contribution in [3.05, 3.63) is 54.2 Å². The molecule has 7 heteroatoms. The monoisotopic (exact) mass is 477 g/mol. The zero-order valence-electron chi connectivity index (χ0n) is 10.5. The summed E-state index contributed by atoms with van der Waals surface area (Å²) < 4.78 is 1.77. The van der Waals surface area contributed by atoms with Gasteiger partial charge in [0.25, 0.3) is 0 Å². The lowest BCUT2D eigenvalue weighted by Crippen LogP contribution is -2.12. The van der Waals surface area contributed by atoms with Crippen LogP contribution in [0.4, 0.5) is 5.69 Å². The number of thiophene rings is 1. The summed E-state index contributed by atoms with van der Waals surface area (Å²) in [5.74, 6) is -1.45. The minimum atomic E-state index is -1.07. The SMILES string of the molecule is O=C(C=Cc1ccc(Br)s1)Nc1ccc(I)cc1C(=O)O. The summed E-state index contributed by atoms with van der Waals surface area (Å²) in [7, 11) is 0. The van der Waals surface area contributed by atoms with Gasteiger partial charge in [0.15, 0.2) is 0 Å². The zero-order chi connectivity index (χ0) is 15.4. The summed E-state index contributed by atoms with van der Waals surface area (Å²) in [6.07, 6.45) is 3.06. The topological polar surface area (TPSA) is 66.4 Å². The number of aromatic carboxylic acids is 1. The lowest BCUT2D eigenvalue weighted by atomic mass is 10.2. The number of carbonyl (C=O) groups excluding carboxylic acids is 1. The minimum absolute atomic E-state index is 0.0718. The maximum atomic E-state index is 11.9. The van der Waals surface area contributed by atoms with Crippen molar-refractivity contribution in [2.24, 2.45) is 0 Å². The molecular weight excluding hydrogens is 469 g/mol.